The van der Waals surface area contributed by atoms with Gasteiger partial charge in [0, 0.05) is 30.9 Å². The number of hydrogen-bond acceptors (Lipinski definition) is 3. The van der Waals surface area contributed by atoms with Crippen LogP contribution in [0.25, 0.3) is 11.1 Å². The predicted molar refractivity (Wildman–Crippen MR) is 124 cm³/mol. The van der Waals surface area contributed by atoms with Crippen LogP contribution in [0.1, 0.15) is 28.8 Å². The van der Waals surface area contributed by atoms with E-state index in [0.29, 0.717) is 12.1 Å². The molecule has 31 heavy (non-hydrogen) atoms. The van der Waals surface area contributed by atoms with E-state index in [2.05, 4.69) is 21.6 Å². The van der Waals surface area contributed by atoms with E-state index in [1.54, 1.807) is 12.1 Å². The van der Waals surface area contributed by atoms with Gasteiger partial charge in [0.05, 0.1) is 6.54 Å². The van der Waals surface area contributed by atoms with Crippen molar-refractivity contribution in [2.45, 2.75) is 19.4 Å². The molecule has 5 heteroatoms. The summed E-state index contributed by atoms with van der Waals surface area (Å²) in [6.45, 7) is 2.52. The highest BCUT2D eigenvalue weighted by Crippen LogP contribution is 2.24. The van der Waals surface area contributed by atoms with Gasteiger partial charge in [0.15, 0.2) is 0 Å². The first-order chi connectivity index (χ1) is 15.2. The molecule has 0 atom stereocenters. The summed E-state index contributed by atoms with van der Waals surface area (Å²) in [5, 5.41) is 5.62. The first kappa shape index (κ1) is 20.7. The summed E-state index contributed by atoms with van der Waals surface area (Å²) in [6.07, 6.45) is 2.41. The Morgan fingerprint density at radius 1 is 0.742 bits per heavy atom. The van der Waals surface area contributed by atoms with Crippen LogP contribution in [0, 0.1) is 0 Å². The van der Waals surface area contributed by atoms with E-state index < -0.39 is 0 Å². The second-order valence-corrected chi connectivity index (χ2v) is 7.73. The van der Waals surface area contributed by atoms with Gasteiger partial charge in [-0.25, -0.2) is 0 Å². The maximum atomic E-state index is 12.4. The van der Waals surface area contributed by atoms with Gasteiger partial charge in [0.2, 0.25) is 5.91 Å². The van der Waals surface area contributed by atoms with Crippen LogP contribution in [-0.4, -0.2) is 31.4 Å². The lowest BCUT2D eigenvalue weighted by molar-refractivity contribution is -0.120. The molecule has 0 spiro atoms. The zero-order chi connectivity index (χ0) is 21.5. The summed E-state index contributed by atoms with van der Waals surface area (Å²) in [7, 11) is 0. The Morgan fingerprint density at radius 3 is 2.13 bits per heavy atom. The van der Waals surface area contributed by atoms with Crippen LogP contribution in [0.15, 0.2) is 78.9 Å². The van der Waals surface area contributed by atoms with Gasteiger partial charge in [0.25, 0.3) is 5.91 Å². The third kappa shape index (κ3) is 5.31. The lowest BCUT2D eigenvalue weighted by Gasteiger charge is -2.21. The molecule has 0 bridgehead atoms. The highest BCUT2D eigenvalue weighted by atomic mass is 16.2. The minimum absolute atomic E-state index is 0.0504. The molecule has 0 saturated carbocycles. The highest BCUT2D eigenvalue weighted by molar-refractivity contribution is 5.96. The van der Waals surface area contributed by atoms with Crippen LogP contribution in [0.5, 0.6) is 0 Å². The number of para-hydroxylation sites is 1. The fourth-order valence-corrected chi connectivity index (χ4v) is 3.89. The number of carbonyl (C=O) groups excluding carboxylic acids is 2. The van der Waals surface area contributed by atoms with Crippen molar-refractivity contribution in [3.63, 3.8) is 0 Å². The normalized spacial score (nSPS) is 13.1. The molecule has 0 aliphatic carbocycles. The van der Waals surface area contributed by atoms with Gasteiger partial charge in [-0.1, -0.05) is 60.7 Å². The molecule has 158 valence electrons. The quantitative estimate of drug-likeness (QED) is 0.616. The molecule has 2 N–H and O–H groups in total. The minimum Gasteiger partial charge on any atom is -0.371 e. The molecule has 1 saturated heterocycles. The Bertz CT molecular complexity index is 1030. The summed E-state index contributed by atoms with van der Waals surface area (Å²) >= 11 is 0. The molecular weight excluding hydrogens is 386 g/mol. The first-order valence-corrected chi connectivity index (χ1v) is 10.7. The largest absolute Gasteiger partial charge is 0.371 e. The smallest absolute Gasteiger partial charge is 0.251 e. The number of benzene rings is 3. The van der Waals surface area contributed by atoms with Crippen LogP contribution >= 0.6 is 0 Å². The van der Waals surface area contributed by atoms with Crippen molar-refractivity contribution in [3.8, 4) is 11.1 Å². The number of amides is 2. The molecular formula is C26H27N3O2. The third-order valence-corrected chi connectivity index (χ3v) is 5.58. The highest BCUT2D eigenvalue weighted by Gasteiger charge is 2.15. The van der Waals surface area contributed by atoms with Crippen molar-refractivity contribution < 1.29 is 9.59 Å². The van der Waals surface area contributed by atoms with Crippen molar-refractivity contribution in [3.05, 3.63) is 90.0 Å². The molecule has 1 aliphatic heterocycles. The van der Waals surface area contributed by atoms with Gasteiger partial charge in [-0.05, 0) is 47.7 Å². The molecule has 2 amide bonds. The van der Waals surface area contributed by atoms with E-state index in [9.17, 15) is 9.59 Å². The Labute approximate surface area is 183 Å². The summed E-state index contributed by atoms with van der Waals surface area (Å²) in [5.41, 5.74) is 4.96. The number of carbonyl (C=O) groups is 2. The van der Waals surface area contributed by atoms with Gasteiger partial charge in [-0.3, -0.25) is 9.59 Å². The average molecular weight is 414 g/mol. The molecule has 3 aromatic rings. The van der Waals surface area contributed by atoms with Crippen LogP contribution in [-0.2, 0) is 11.3 Å². The lowest BCUT2D eigenvalue weighted by atomic mass is 10.0. The summed E-state index contributed by atoms with van der Waals surface area (Å²) in [6, 6.07) is 25.6. The molecule has 4 rings (SSSR count). The minimum atomic E-state index is -0.257. The molecule has 5 nitrogen and oxygen atoms in total. The Kier molecular flexibility index (Phi) is 6.62. The number of anilines is 1. The van der Waals surface area contributed by atoms with Crippen LogP contribution in [0.3, 0.4) is 0 Å². The molecule has 0 unspecified atom stereocenters. The maximum Gasteiger partial charge on any atom is 0.251 e. The zero-order valence-corrected chi connectivity index (χ0v) is 17.5. The Morgan fingerprint density at radius 2 is 1.39 bits per heavy atom. The molecule has 1 aliphatic rings. The van der Waals surface area contributed by atoms with E-state index in [1.807, 2.05) is 60.7 Å². The van der Waals surface area contributed by atoms with Crippen molar-refractivity contribution in [1.29, 1.82) is 0 Å². The molecule has 3 aromatic carbocycles. The van der Waals surface area contributed by atoms with Gasteiger partial charge in [-0.15, -0.1) is 0 Å². The summed E-state index contributed by atoms with van der Waals surface area (Å²) in [4.78, 5) is 27.0. The van der Waals surface area contributed by atoms with Crippen LogP contribution in [0.4, 0.5) is 5.69 Å². The van der Waals surface area contributed by atoms with E-state index in [-0.39, 0.29) is 18.4 Å². The van der Waals surface area contributed by atoms with E-state index >= 15 is 0 Å². The van der Waals surface area contributed by atoms with E-state index in [4.69, 9.17) is 0 Å². The number of nitrogens with zero attached hydrogens (tertiary/aromatic N) is 1. The predicted octanol–water partition coefficient (Wildman–Crippen LogP) is 4.00. The lowest BCUT2D eigenvalue weighted by Crippen LogP contribution is -2.36. The van der Waals surface area contributed by atoms with Crippen molar-refractivity contribution in [2.24, 2.45) is 0 Å². The molecule has 1 heterocycles. The number of hydrogen-bond donors (Lipinski definition) is 2. The fraction of sp³-hybridized carbons (Fsp3) is 0.231. The van der Waals surface area contributed by atoms with Gasteiger partial charge < -0.3 is 15.5 Å². The summed E-state index contributed by atoms with van der Waals surface area (Å²) in [5.74, 6) is -0.460. The van der Waals surface area contributed by atoms with Crippen molar-refractivity contribution in [1.82, 2.24) is 10.6 Å². The van der Waals surface area contributed by atoms with Gasteiger partial charge in [0.1, 0.15) is 0 Å². The first-order valence-electron chi connectivity index (χ1n) is 10.7. The Hall–Kier alpha value is -3.60. The Balaban J connectivity index is 1.28. The second kappa shape index (κ2) is 9.94. The SMILES string of the molecule is O=C(CNC(=O)c1ccc(-c2ccccc2)cc1)NCc1ccccc1N1CCCC1. The van der Waals surface area contributed by atoms with Crippen LogP contribution in [0.2, 0.25) is 0 Å². The standard InChI is InChI=1S/C26H27N3O2/c30-25(27-18-23-10-4-5-11-24(23)29-16-6-7-17-29)19-28-26(31)22-14-12-21(13-15-22)20-8-2-1-3-9-20/h1-5,8-15H,6-7,16-19H2,(H,27,30)(H,28,31). The third-order valence-electron chi connectivity index (χ3n) is 5.58. The van der Waals surface area contributed by atoms with Crippen LogP contribution < -0.4 is 15.5 Å². The van der Waals surface area contributed by atoms with Crippen molar-refractivity contribution in [2.75, 3.05) is 24.5 Å². The van der Waals surface area contributed by atoms with E-state index in [0.717, 1.165) is 29.8 Å². The number of rotatable bonds is 7. The fourth-order valence-electron chi connectivity index (χ4n) is 3.89. The average Bonchev–Trinajstić information content (AvgIpc) is 3.37. The van der Waals surface area contributed by atoms with Crippen molar-refractivity contribution >= 4 is 17.5 Å². The molecule has 1 fully saturated rings. The zero-order valence-electron chi connectivity index (χ0n) is 17.5. The maximum absolute atomic E-state index is 12.4. The molecule has 0 radical (unpaired) electrons. The van der Waals surface area contributed by atoms with Gasteiger partial charge >= 0.3 is 0 Å². The summed E-state index contributed by atoms with van der Waals surface area (Å²) < 4.78 is 0. The van der Waals surface area contributed by atoms with Gasteiger partial charge in [-0.2, -0.15) is 0 Å². The second-order valence-electron chi connectivity index (χ2n) is 7.73. The monoisotopic (exact) mass is 413 g/mol. The topological polar surface area (TPSA) is 61.4 Å². The number of nitrogens with one attached hydrogen (secondary N) is 2. The molecule has 0 aromatic heterocycles. The van der Waals surface area contributed by atoms with E-state index in [1.165, 1.54) is 18.5 Å².